The number of ether oxygens (including phenoxy) is 1. The molecule has 1 aromatic rings. The van der Waals surface area contributed by atoms with Crippen molar-refractivity contribution in [3.63, 3.8) is 0 Å². The van der Waals surface area contributed by atoms with Gasteiger partial charge in [-0.15, -0.1) is 0 Å². The Morgan fingerprint density at radius 1 is 1.18 bits per heavy atom. The molecule has 0 radical (unpaired) electrons. The number of rotatable bonds is 2. The summed E-state index contributed by atoms with van der Waals surface area (Å²) in [6, 6.07) is 5.48. The summed E-state index contributed by atoms with van der Waals surface area (Å²) in [6.07, 6.45) is -1.46. The first kappa shape index (κ1) is 19.1. The first-order valence-electron chi connectivity index (χ1n) is 9.62. The number of nitrogens with zero attached hydrogens (tertiary/aromatic N) is 1. The van der Waals surface area contributed by atoms with Gasteiger partial charge in [-0.05, 0) is 49.3 Å². The highest BCUT2D eigenvalue weighted by Gasteiger charge is 2.50. The van der Waals surface area contributed by atoms with E-state index in [9.17, 15) is 22.8 Å². The lowest BCUT2D eigenvalue weighted by molar-refractivity contribution is -0.147. The van der Waals surface area contributed by atoms with E-state index >= 15 is 0 Å². The highest BCUT2D eigenvalue weighted by molar-refractivity contribution is 5.81. The van der Waals surface area contributed by atoms with Crippen molar-refractivity contribution in [1.82, 2.24) is 10.2 Å². The van der Waals surface area contributed by atoms with E-state index in [4.69, 9.17) is 4.74 Å². The highest BCUT2D eigenvalue weighted by atomic mass is 19.4. The van der Waals surface area contributed by atoms with Crippen molar-refractivity contribution < 1.29 is 27.5 Å². The van der Waals surface area contributed by atoms with E-state index < -0.39 is 17.8 Å². The lowest BCUT2D eigenvalue weighted by Gasteiger charge is -2.49. The quantitative estimate of drug-likeness (QED) is 0.832. The van der Waals surface area contributed by atoms with Crippen LogP contribution in [0.4, 0.5) is 18.0 Å². The van der Waals surface area contributed by atoms with Gasteiger partial charge in [0.1, 0.15) is 0 Å². The van der Waals surface area contributed by atoms with Gasteiger partial charge in [-0.1, -0.05) is 12.1 Å². The second-order valence-corrected chi connectivity index (χ2v) is 8.26. The summed E-state index contributed by atoms with van der Waals surface area (Å²) >= 11 is 0. The van der Waals surface area contributed by atoms with Crippen molar-refractivity contribution in [2.75, 3.05) is 26.2 Å². The molecule has 1 spiro atoms. The summed E-state index contributed by atoms with van der Waals surface area (Å²) in [6.45, 7) is 1.93. The number of amides is 2. The Hall–Kier alpha value is -2.25. The van der Waals surface area contributed by atoms with Crippen LogP contribution in [-0.4, -0.2) is 43.1 Å². The molecule has 2 saturated heterocycles. The molecule has 0 aromatic heterocycles. The van der Waals surface area contributed by atoms with Crippen molar-refractivity contribution in [3.8, 4) is 0 Å². The fourth-order valence-electron chi connectivity index (χ4n) is 4.77. The van der Waals surface area contributed by atoms with Gasteiger partial charge in [0, 0.05) is 25.0 Å². The van der Waals surface area contributed by atoms with Gasteiger partial charge in [0.2, 0.25) is 5.91 Å². The standard InChI is InChI=1S/C20H23F3N2O3/c21-20(22,23)16-3-1-13(2-4-16)14-5-7-19(9-14)11-25(12-19)17(26)15-6-8-28-18(27)24-10-15/h1-4,14-15H,5-12H2,(H,24,27)/t14-,15-/m1/s1. The maximum atomic E-state index is 12.7. The van der Waals surface area contributed by atoms with Crippen LogP contribution in [0.1, 0.15) is 42.7 Å². The molecule has 3 fully saturated rings. The molecule has 1 N–H and O–H groups in total. The highest BCUT2D eigenvalue weighted by Crippen LogP contribution is 2.52. The zero-order chi connectivity index (χ0) is 19.9. The maximum Gasteiger partial charge on any atom is 0.416 e. The van der Waals surface area contributed by atoms with Crippen LogP contribution in [-0.2, 0) is 15.7 Å². The minimum Gasteiger partial charge on any atom is -0.450 e. The number of likely N-dealkylation sites (tertiary alicyclic amines) is 1. The van der Waals surface area contributed by atoms with Crippen LogP contribution in [0.2, 0.25) is 0 Å². The third-order valence-electron chi connectivity index (χ3n) is 6.32. The number of carbonyl (C=O) groups excluding carboxylic acids is 2. The van der Waals surface area contributed by atoms with Gasteiger partial charge in [-0.25, -0.2) is 4.79 Å². The second kappa shape index (κ2) is 6.97. The average molecular weight is 396 g/mol. The molecule has 1 aromatic carbocycles. The Morgan fingerprint density at radius 3 is 2.57 bits per heavy atom. The number of benzene rings is 1. The van der Waals surface area contributed by atoms with Gasteiger partial charge >= 0.3 is 12.3 Å². The Kier molecular flexibility index (Phi) is 4.75. The summed E-state index contributed by atoms with van der Waals surface area (Å²) in [4.78, 5) is 25.8. The third-order valence-corrected chi connectivity index (χ3v) is 6.32. The summed E-state index contributed by atoms with van der Waals surface area (Å²) in [5.41, 5.74) is 0.398. The second-order valence-electron chi connectivity index (χ2n) is 8.26. The SMILES string of the molecule is O=C1NC[C@H](C(=O)N2CC3(CC[C@@H](c4ccc(C(F)(F)F)cc4)C3)C2)CCO1. The van der Waals surface area contributed by atoms with Crippen molar-refractivity contribution in [2.24, 2.45) is 11.3 Å². The van der Waals surface area contributed by atoms with E-state index in [2.05, 4.69) is 5.32 Å². The average Bonchev–Trinajstić information content (AvgIpc) is 2.97. The van der Waals surface area contributed by atoms with Crippen LogP contribution in [0.15, 0.2) is 24.3 Å². The zero-order valence-corrected chi connectivity index (χ0v) is 15.4. The fourth-order valence-corrected chi connectivity index (χ4v) is 4.77. The van der Waals surface area contributed by atoms with Crippen molar-refractivity contribution in [2.45, 2.75) is 37.8 Å². The molecule has 3 aliphatic rings. The summed E-state index contributed by atoms with van der Waals surface area (Å²) in [5.74, 6) is 0.0374. The van der Waals surface area contributed by atoms with Crippen LogP contribution in [0.5, 0.6) is 0 Å². The molecule has 152 valence electrons. The minimum absolute atomic E-state index is 0.0504. The topological polar surface area (TPSA) is 58.6 Å². The molecule has 0 unspecified atom stereocenters. The van der Waals surface area contributed by atoms with Gasteiger partial charge in [0.05, 0.1) is 18.1 Å². The van der Waals surface area contributed by atoms with Crippen LogP contribution < -0.4 is 5.32 Å². The van der Waals surface area contributed by atoms with Crippen molar-refractivity contribution >= 4 is 12.0 Å². The maximum absolute atomic E-state index is 12.7. The summed E-state index contributed by atoms with van der Waals surface area (Å²) in [5, 5.41) is 2.59. The van der Waals surface area contributed by atoms with Gasteiger partial charge in [-0.2, -0.15) is 13.2 Å². The molecular formula is C20H23F3N2O3. The lowest BCUT2D eigenvalue weighted by atomic mass is 9.76. The molecule has 2 heterocycles. The molecule has 5 nitrogen and oxygen atoms in total. The van der Waals surface area contributed by atoms with Crippen molar-refractivity contribution in [1.29, 1.82) is 0 Å². The van der Waals surface area contributed by atoms with Crippen LogP contribution in [0.3, 0.4) is 0 Å². The first-order valence-corrected chi connectivity index (χ1v) is 9.62. The third kappa shape index (κ3) is 3.69. The molecule has 8 heteroatoms. The van der Waals surface area contributed by atoms with E-state index in [1.807, 2.05) is 4.90 Å². The Bertz CT molecular complexity index is 757. The van der Waals surface area contributed by atoms with Crippen molar-refractivity contribution in [3.05, 3.63) is 35.4 Å². The molecular weight excluding hydrogens is 373 g/mol. The number of alkyl halides is 3. The molecule has 4 rings (SSSR count). The summed E-state index contributed by atoms with van der Waals surface area (Å²) in [7, 11) is 0. The zero-order valence-electron chi connectivity index (χ0n) is 15.4. The normalized spacial score (nSPS) is 27.0. The molecule has 2 atom stereocenters. The number of hydrogen-bond acceptors (Lipinski definition) is 3. The Balaban J connectivity index is 1.33. The van der Waals surface area contributed by atoms with E-state index in [-0.39, 0.29) is 29.8 Å². The molecule has 2 aliphatic heterocycles. The van der Waals surface area contributed by atoms with Crippen LogP contribution in [0, 0.1) is 11.3 Å². The van der Waals surface area contributed by atoms with E-state index in [0.29, 0.717) is 26.1 Å². The van der Waals surface area contributed by atoms with Gasteiger partial charge in [-0.3, -0.25) is 4.79 Å². The monoisotopic (exact) mass is 396 g/mol. The molecule has 2 amide bonds. The first-order chi connectivity index (χ1) is 13.3. The number of halogens is 3. The number of hydrogen-bond donors (Lipinski definition) is 1. The van der Waals surface area contributed by atoms with Gasteiger partial charge < -0.3 is 15.0 Å². The predicted octanol–water partition coefficient (Wildman–Crippen LogP) is 3.55. The number of cyclic esters (lactones) is 1. The van der Waals surface area contributed by atoms with Crippen LogP contribution in [0.25, 0.3) is 0 Å². The predicted molar refractivity (Wildman–Crippen MR) is 94.5 cm³/mol. The number of carbonyl (C=O) groups is 2. The number of alkyl carbamates (subject to hydrolysis) is 1. The van der Waals surface area contributed by atoms with E-state index in [1.54, 1.807) is 12.1 Å². The molecule has 0 bridgehead atoms. The van der Waals surface area contributed by atoms with Gasteiger partial charge in [0.15, 0.2) is 0 Å². The van der Waals surface area contributed by atoms with Crippen LogP contribution >= 0.6 is 0 Å². The lowest BCUT2D eigenvalue weighted by Crippen LogP contribution is -2.59. The number of nitrogens with one attached hydrogen (secondary N) is 1. The molecule has 1 saturated carbocycles. The smallest absolute Gasteiger partial charge is 0.416 e. The minimum atomic E-state index is -4.31. The molecule has 28 heavy (non-hydrogen) atoms. The van der Waals surface area contributed by atoms with Gasteiger partial charge in [0.25, 0.3) is 0 Å². The molecule has 1 aliphatic carbocycles. The fraction of sp³-hybridized carbons (Fsp3) is 0.600. The summed E-state index contributed by atoms with van der Waals surface area (Å²) < 4.78 is 43.1. The Labute approximate surface area is 161 Å². The Morgan fingerprint density at radius 2 is 1.89 bits per heavy atom. The van der Waals surface area contributed by atoms with E-state index in [0.717, 1.165) is 37.0 Å². The largest absolute Gasteiger partial charge is 0.450 e. The van der Waals surface area contributed by atoms with E-state index in [1.165, 1.54) is 0 Å².